The van der Waals surface area contributed by atoms with Gasteiger partial charge in [-0.3, -0.25) is 9.59 Å². The van der Waals surface area contributed by atoms with Gasteiger partial charge in [-0.05, 0) is 36.5 Å². The summed E-state index contributed by atoms with van der Waals surface area (Å²) in [5.41, 5.74) is 0.935. The average Bonchev–Trinajstić information content (AvgIpc) is 2.51. The molecule has 0 heterocycles. The molecule has 0 atom stereocenters. The Morgan fingerprint density at radius 2 is 2.05 bits per heavy atom. The highest BCUT2D eigenvalue weighted by molar-refractivity contribution is 6.39. The van der Waals surface area contributed by atoms with Gasteiger partial charge in [0.25, 0.3) is 0 Å². The smallest absolute Gasteiger partial charge is 0.313 e. The van der Waals surface area contributed by atoms with Crippen molar-refractivity contribution >= 4 is 17.5 Å². The van der Waals surface area contributed by atoms with Gasteiger partial charge in [-0.1, -0.05) is 25.8 Å². The van der Waals surface area contributed by atoms with Gasteiger partial charge >= 0.3 is 11.8 Å². The lowest BCUT2D eigenvalue weighted by atomic mass is 9.89. The highest BCUT2D eigenvalue weighted by Crippen LogP contribution is 2.20. The van der Waals surface area contributed by atoms with E-state index in [4.69, 9.17) is 11.5 Å². The van der Waals surface area contributed by atoms with Gasteiger partial charge in [0.2, 0.25) is 0 Å². The van der Waals surface area contributed by atoms with E-state index in [1.54, 1.807) is 24.3 Å². The Morgan fingerprint density at radius 1 is 1.32 bits per heavy atom. The number of rotatable bonds is 6. The third-order valence-electron chi connectivity index (χ3n) is 3.24. The molecule has 5 nitrogen and oxygen atoms in total. The molecule has 2 amide bonds. The highest BCUT2D eigenvalue weighted by Gasteiger charge is 2.17. The molecule has 5 heteroatoms. The summed E-state index contributed by atoms with van der Waals surface area (Å²) in [4.78, 5) is 23.4. The Kier molecular flexibility index (Phi) is 6.61. The molecule has 0 aliphatic heterocycles. The lowest BCUT2D eigenvalue weighted by Gasteiger charge is -2.21. The number of carbonyl (C=O) groups excluding carboxylic acids is 2. The van der Waals surface area contributed by atoms with Crippen LogP contribution in [0.3, 0.4) is 0 Å². The number of anilines is 1. The van der Waals surface area contributed by atoms with Crippen LogP contribution < -0.4 is 10.6 Å². The maximum atomic E-state index is 11.7. The summed E-state index contributed by atoms with van der Waals surface area (Å²) in [5, 5.41) is 14.2. The van der Waals surface area contributed by atoms with Crippen molar-refractivity contribution in [2.75, 3.05) is 18.5 Å². The average molecular weight is 302 g/mol. The van der Waals surface area contributed by atoms with Crippen molar-refractivity contribution in [3.8, 4) is 12.3 Å². The number of aliphatic hydroxyl groups is 1. The van der Waals surface area contributed by atoms with Crippen molar-refractivity contribution in [1.29, 1.82) is 0 Å². The summed E-state index contributed by atoms with van der Waals surface area (Å²) in [6.07, 6.45) is 6.73. The molecule has 0 aliphatic rings. The molecule has 0 radical (unpaired) electrons. The second-order valence-electron chi connectivity index (χ2n) is 5.86. The molecule has 22 heavy (non-hydrogen) atoms. The van der Waals surface area contributed by atoms with Crippen LogP contribution in [0.1, 0.15) is 32.3 Å². The van der Waals surface area contributed by atoms with Crippen molar-refractivity contribution in [2.45, 2.75) is 26.7 Å². The number of hydrogen-bond acceptors (Lipinski definition) is 3. The minimum Gasteiger partial charge on any atom is -0.396 e. The van der Waals surface area contributed by atoms with Crippen LogP contribution in [0.5, 0.6) is 0 Å². The van der Waals surface area contributed by atoms with E-state index in [1.807, 2.05) is 13.8 Å². The fourth-order valence-corrected chi connectivity index (χ4v) is 1.80. The van der Waals surface area contributed by atoms with Gasteiger partial charge in [-0.25, -0.2) is 0 Å². The fourth-order valence-electron chi connectivity index (χ4n) is 1.80. The normalized spacial score (nSPS) is 10.6. The van der Waals surface area contributed by atoms with E-state index < -0.39 is 11.8 Å². The van der Waals surface area contributed by atoms with Crippen molar-refractivity contribution in [2.24, 2.45) is 5.41 Å². The first-order valence-electron chi connectivity index (χ1n) is 7.15. The molecule has 0 saturated heterocycles. The number of terminal acetylenes is 1. The number of nitrogens with one attached hydrogen (secondary N) is 2. The first-order valence-corrected chi connectivity index (χ1v) is 7.15. The maximum Gasteiger partial charge on any atom is 0.313 e. The van der Waals surface area contributed by atoms with Crippen LogP contribution in [-0.2, 0) is 9.59 Å². The first-order chi connectivity index (χ1) is 10.4. The monoisotopic (exact) mass is 302 g/mol. The zero-order valence-corrected chi connectivity index (χ0v) is 13.0. The summed E-state index contributed by atoms with van der Waals surface area (Å²) in [7, 11) is 0. The number of hydrogen-bond donors (Lipinski definition) is 3. The Bertz CT molecular complexity index is 574. The van der Waals surface area contributed by atoms with Crippen molar-refractivity contribution in [1.82, 2.24) is 5.32 Å². The van der Waals surface area contributed by atoms with E-state index in [2.05, 4.69) is 16.6 Å². The van der Waals surface area contributed by atoms with Crippen LogP contribution in [0.2, 0.25) is 0 Å². The third-order valence-corrected chi connectivity index (χ3v) is 3.24. The Hall–Kier alpha value is -2.32. The molecule has 3 N–H and O–H groups in total. The van der Waals surface area contributed by atoms with Crippen molar-refractivity contribution in [3.63, 3.8) is 0 Å². The summed E-state index contributed by atoms with van der Waals surface area (Å²) >= 11 is 0. The molecule has 0 unspecified atom stereocenters. The molecule has 118 valence electrons. The quantitative estimate of drug-likeness (QED) is 0.423. The summed E-state index contributed by atoms with van der Waals surface area (Å²) < 4.78 is 0. The summed E-state index contributed by atoms with van der Waals surface area (Å²) in [6.45, 7) is 4.37. The third kappa shape index (κ3) is 5.98. The second kappa shape index (κ2) is 8.20. The molecule has 0 saturated carbocycles. The fraction of sp³-hybridized carbons (Fsp3) is 0.412. The zero-order valence-electron chi connectivity index (χ0n) is 13.0. The van der Waals surface area contributed by atoms with Gasteiger partial charge in [-0.15, -0.1) is 6.42 Å². The molecular weight excluding hydrogens is 280 g/mol. The van der Waals surface area contributed by atoms with Crippen molar-refractivity contribution in [3.05, 3.63) is 29.8 Å². The van der Waals surface area contributed by atoms with Crippen LogP contribution in [-0.4, -0.2) is 30.1 Å². The maximum absolute atomic E-state index is 11.7. The first kappa shape index (κ1) is 17.7. The van der Waals surface area contributed by atoms with Gasteiger partial charge in [0.1, 0.15) is 0 Å². The molecule has 1 rings (SSSR count). The van der Waals surface area contributed by atoms with Crippen LogP contribution >= 0.6 is 0 Å². The van der Waals surface area contributed by atoms with Crippen molar-refractivity contribution < 1.29 is 14.7 Å². The van der Waals surface area contributed by atoms with E-state index >= 15 is 0 Å². The molecule has 0 aromatic heterocycles. The molecule has 1 aromatic rings. The molecule has 1 aromatic carbocycles. The van der Waals surface area contributed by atoms with Gasteiger partial charge in [0.05, 0.1) is 0 Å². The predicted molar refractivity (Wildman–Crippen MR) is 86.1 cm³/mol. The molecule has 0 spiro atoms. The SMILES string of the molecule is C#Cc1cccc(NC(=O)C(=O)NCCCC(C)(C)CO)c1. The molecule has 0 bridgehead atoms. The van der Waals surface area contributed by atoms with Crippen LogP contribution in [0.4, 0.5) is 5.69 Å². The standard InChI is InChI=1S/C17H22N2O3/c1-4-13-7-5-8-14(11-13)19-16(22)15(21)18-10-6-9-17(2,3)12-20/h1,5,7-8,11,20H,6,9-10,12H2,2-3H3,(H,18,21)(H,19,22). The van der Waals surface area contributed by atoms with Gasteiger partial charge in [-0.2, -0.15) is 0 Å². The molecule has 0 fully saturated rings. The number of benzene rings is 1. The van der Waals surface area contributed by atoms with E-state index in [9.17, 15) is 9.59 Å². The Balaban J connectivity index is 2.39. The van der Waals surface area contributed by atoms with E-state index in [0.29, 0.717) is 24.2 Å². The molecular formula is C17H22N2O3. The van der Waals surface area contributed by atoms with E-state index in [0.717, 1.165) is 6.42 Å². The summed E-state index contributed by atoms with van der Waals surface area (Å²) in [5.74, 6) is 1.05. The largest absolute Gasteiger partial charge is 0.396 e. The predicted octanol–water partition coefficient (Wildman–Crippen LogP) is 1.52. The van der Waals surface area contributed by atoms with Gasteiger partial charge in [0.15, 0.2) is 0 Å². The molecule has 0 aliphatic carbocycles. The van der Waals surface area contributed by atoms with Gasteiger partial charge in [0, 0.05) is 24.4 Å². The van der Waals surface area contributed by atoms with Crippen LogP contribution in [0, 0.1) is 17.8 Å². The van der Waals surface area contributed by atoms with Crippen LogP contribution in [0.15, 0.2) is 24.3 Å². The van der Waals surface area contributed by atoms with Crippen LogP contribution in [0.25, 0.3) is 0 Å². The summed E-state index contributed by atoms with van der Waals surface area (Å²) in [6, 6.07) is 6.73. The lowest BCUT2D eigenvalue weighted by molar-refractivity contribution is -0.136. The topological polar surface area (TPSA) is 78.4 Å². The minimum atomic E-state index is -0.726. The zero-order chi connectivity index (χ0) is 16.6. The number of amides is 2. The number of aliphatic hydroxyl groups excluding tert-OH is 1. The Morgan fingerprint density at radius 3 is 2.68 bits per heavy atom. The van der Waals surface area contributed by atoms with E-state index in [-0.39, 0.29) is 12.0 Å². The lowest BCUT2D eigenvalue weighted by Crippen LogP contribution is -2.36. The second-order valence-corrected chi connectivity index (χ2v) is 5.86. The van der Waals surface area contributed by atoms with E-state index in [1.165, 1.54) is 0 Å². The number of carbonyl (C=O) groups is 2. The minimum absolute atomic E-state index is 0.0902. The Labute approximate surface area is 131 Å². The van der Waals surface area contributed by atoms with Gasteiger partial charge < -0.3 is 15.7 Å². The highest BCUT2D eigenvalue weighted by atomic mass is 16.3.